The van der Waals surface area contributed by atoms with Gasteiger partial charge in [0, 0.05) is 12.1 Å². The number of rotatable bonds is 10. The fourth-order valence-corrected chi connectivity index (χ4v) is 4.12. The van der Waals surface area contributed by atoms with Gasteiger partial charge in [-0.1, -0.05) is 35.9 Å². The number of hydrogen-bond donors (Lipinski definition) is 1. The number of ether oxygens (including phenoxy) is 2. The Hall–Kier alpha value is -3.32. The summed E-state index contributed by atoms with van der Waals surface area (Å²) in [7, 11) is 3.92. The quantitative estimate of drug-likeness (QED) is 0.322. The van der Waals surface area contributed by atoms with Crippen molar-refractivity contribution in [2.75, 3.05) is 40.4 Å². The van der Waals surface area contributed by atoms with Gasteiger partial charge in [-0.25, -0.2) is 0 Å². The lowest BCUT2D eigenvalue weighted by Gasteiger charge is -2.26. The highest BCUT2D eigenvalue weighted by atomic mass is 16.5. The number of carbonyl (C=O) groups is 2. The van der Waals surface area contributed by atoms with E-state index >= 15 is 0 Å². The summed E-state index contributed by atoms with van der Waals surface area (Å²) in [5.74, 6) is -0.332. The fraction of sp³-hybridized carbons (Fsp3) is 0.407. The van der Waals surface area contributed by atoms with Crippen LogP contribution in [-0.4, -0.2) is 67.0 Å². The molecule has 2 aromatic rings. The lowest BCUT2D eigenvalue weighted by atomic mass is 9.94. The number of carbonyl (C=O) groups excluding carboxylic acids is 2. The Morgan fingerprint density at radius 2 is 1.65 bits per heavy atom. The SMILES string of the molecule is CCOc1ccc(C2/C(=C(\O)c3ccc(C)cc3)C(=O)C(=O)N2CCCN(C)C)cc1OCC. The van der Waals surface area contributed by atoms with Crippen LogP contribution < -0.4 is 9.47 Å². The zero-order chi connectivity index (χ0) is 24.8. The maximum absolute atomic E-state index is 13.2. The number of aryl methyl sites for hydroxylation is 1. The van der Waals surface area contributed by atoms with E-state index < -0.39 is 17.7 Å². The second-order valence-electron chi connectivity index (χ2n) is 8.59. The van der Waals surface area contributed by atoms with Gasteiger partial charge in [-0.3, -0.25) is 9.59 Å². The van der Waals surface area contributed by atoms with Gasteiger partial charge in [0.2, 0.25) is 0 Å². The summed E-state index contributed by atoms with van der Waals surface area (Å²) in [6, 6.07) is 11.9. The summed E-state index contributed by atoms with van der Waals surface area (Å²) >= 11 is 0. The molecule has 0 aliphatic carbocycles. The first-order valence-corrected chi connectivity index (χ1v) is 11.7. The molecule has 1 saturated heterocycles. The Morgan fingerprint density at radius 3 is 2.26 bits per heavy atom. The molecule has 1 aliphatic rings. The van der Waals surface area contributed by atoms with Crippen molar-refractivity contribution in [1.82, 2.24) is 9.80 Å². The van der Waals surface area contributed by atoms with Crippen molar-refractivity contribution in [2.45, 2.75) is 33.2 Å². The van der Waals surface area contributed by atoms with Gasteiger partial charge < -0.3 is 24.4 Å². The van der Waals surface area contributed by atoms with E-state index in [-0.39, 0.29) is 11.3 Å². The summed E-state index contributed by atoms with van der Waals surface area (Å²) in [5, 5.41) is 11.2. The van der Waals surface area contributed by atoms with Crippen molar-refractivity contribution in [1.29, 1.82) is 0 Å². The molecule has 3 rings (SSSR count). The highest BCUT2D eigenvalue weighted by molar-refractivity contribution is 6.46. The van der Waals surface area contributed by atoms with Crippen LogP contribution in [0.15, 0.2) is 48.0 Å². The number of amides is 1. The van der Waals surface area contributed by atoms with Crippen molar-refractivity contribution in [3.05, 3.63) is 64.7 Å². The van der Waals surface area contributed by atoms with E-state index in [0.29, 0.717) is 48.8 Å². The lowest BCUT2D eigenvalue weighted by molar-refractivity contribution is -0.139. The number of nitrogens with zero attached hydrogens (tertiary/aromatic N) is 2. The average molecular weight is 467 g/mol. The minimum absolute atomic E-state index is 0.0883. The maximum Gasteiger partial charge on any atom is 0.295 e. The van der Waals surface area contributed by atoms with E-state index in [4.69, 9.17) is 9.47 Å². The van der Waals surface area contributed by atoms with E-state index in [1.165, 1.54) is 0 Å². The molecule has 1 unspecified atom stereocenters. The largest absolute Gasteiger partial charge is 0.507 e. The van der Waals surface area contributed by atoms with E-state index in [2.05, 4.69) is 0 Å². The van der Waals surface area contributed by atoms with Crippen LogP contribution in [0, 0.1) is 6.92 Å². The van der Waals surface area contributed by atoms with Crippen LogP contribution in [0.1, 0.15) is 43.0 Å². The number of hydrogen-bond acceptors (Lipinski definition) is 6. The molecule has 1 heterocycles. The third-order valence-corrected chi connectivity index (χ3v) is 5.75. The lowest BCUT2D eigenvalue weighted by Crippen LogP contribution is -2.32. The Bertz CT molecular complexity index is 1060. The number of benzene rings is 2. The van der Waals surface area contributed by atoms with Gasteiger partial charge in [0.25, 0.3) is 11.7 Å². The van der Waals surface area contributed by atoms with Gasteiger partial charge in [-0.15, -0.1) is 0 Å². The van der Waals surface area contributed by atoms with Crippen molar-refractivity contribution in [3.8, 4) is 11.5 Å². The first-order valence-electron chi connectivity index (χ1n) is 11.7. The monoisotopic (exact) mass is 466 g/mol. The molecular formula is C27H34N2O5. The normalized spacial score (nSPS) is 17.5. The molecule has 1 atom stereocenters. The van der Waals surface area contributed by atoms with Gasteiger partial charge >= 0.3 is 0 Å². The summed E-state index contributed by atoms with van der Waals surface area (Å²) in [6.45, 7) is 7.79. The summed E-state index contributed by atoms with van der Waals surface area (Å²) < 4.78 is 11.5. The van der Waals surface area contributed by atoms with Gasteiger partial charge in [-0.05, 0) is 65.5 Å². The molecular weight excluding hydrogens is 432 g/mol. The van der Waals surface area contributed by atoms with Crippen molar-refractivity contribution < 1.29 is 24.2 Å². The number of ketones is 1. The summed E-state index contributed by atoms with van der Waals surface area (Å²) in [4.78, 5) is 29.9. The van der Waals surface area contributed by atoms with E-state index in [0.717, 1.165) is 12.1 Å². The standard InChI is InChI=1S/C27H34N2O5/c1-6-33-21-14-13-20(17-22(21)34-7-2)24-23(25(30)19-11-9-18(3)10-12-19)26(31)27(32)29(24)16-8-15-28(4)5/h9-14,17,24,30H,6-8,15-16H2,1-5H3/b25-23+. The Morgan fingerprint density at radius 1 is 1.00 bits per heavy atom. The molecule has 7 nitrogen and oxygen atoms in total. The van der Waals surface area contributed by atoms with Crippen LogP contribution in [0.3, 0.4) is 0 Å². The number of likely N-dealkylation sites (tertiary alicyclic amines) is 1. The van der Waals surface area contributed by atoms with E-state index in [9.17, 15) is 14.7 Å². The molecule has 1 aliphatic heterocycles. The fourth-order valence-electron chi connectivity index (χ4n) is 4.12. The van der Waals surface area contributed by atoms with Crippen LogP contribution in [0.4, 0.5) is 0 Å². The summed E-state index contributed by atoms with van der Waals surface area (Å²) in [6.07, 6.45) is 0.691. The molecule has 0 saturated carbocycles. The highest BCUT2D eigenvalue weighted by Crippen LogP contribution is 2.42. The zero-order valence-corrected chi connectivity index (χ0v) is 20.6. The number of aliphatic hydroxyl groups excluding tert-OH is 1. The van der Waals surface area contributed by atoms with Crippen LogP contribution in [0.5, 0.6) is 11.5 Å². The molecule has 1 fully saturated rings. The molecule has 0 bridgehead atoms. The molecule has 182 valence electrons. The average Bonchev–Trinajstić information content (AvgIpc) is 3.05. The molecule has 1 amide bonds. The topological polar surface area (TPSA) is 79.3 Å². The van der Waals surface area contributed by atoms with Gasteiger partial charge in [0.15, 0.2) is 11.5 Å². The molecule has 34 heavy (non-hydrogen) atoms. The highest BCUT2D eigenvalue weighted by Gasteiger charge is 2.46. The zero-order valence-electron chi connectivity index (χ0n) is 20.6. The number of aliphatic hydroxyl groups is 1. The Balaban J connectivity index is 2.13. The van der Waals surface area contributed by atoms with Gasteiger partial charge in [0.1, 0.15) is 5.76 Å². The Kier molecular flexibility index (Phi) is 8.34. The van der Waals surface area contributed by atoms with Crippen LogP contribution in [0.2, 0.25) is 0 Å². The van der Waals surface area contributed by atoms with Crippen molar-refractivity contribution in [3.63, 3.8) is 0 Å². The smallest absolute Gasteiger partial charge is 0.295 e. The summed E-state index contributed by atoms with van der Waals surface area (Å²) in [5.41, 5.74) is 2.30. The Labute approximate surface area is 201 Å². The minimum atomic E-state index is -0.724. The minimum Gasteiger partial charge on any atom is -0.507 e. The predicted octanol–water partition coefficient (Wildman–Crippen LogP) is 4.17. The number of Topliss-reactive ketones (excluding diaryl/α,β-unsaturated/α-hetero) is 1. The molecule has 0 aromatic heterocycles. The molecule has 1 N–H and O–H groups in total. The van der Waals surface area contributed by atoms with Gasteiger partial charge in [0.05, 0.1) is 24.8 Å². The van der Waals surface area contributed by atoms with Crippen LogP contribution >= 0.6 is 0 Å². The second kappa shape index (κ2) is 11.2. The van der Waals surface area contributed by atoms with Gasteiger partial charge in [-0.2, -0.15) is 0 Å². The van der Waals surface area contributed by atoms with Crippen molar-refractivity contribution in [2.24, 2.45) is 0 Å². The van der Waals surface area contributed by atoms with E-state index in [1.807, 2.05) is 58.0 Å². The molecule has 7 heteroatoms. The molecule has 2 aromatic carbocycles. The predicted molar refractivity (Wildman–Crippen MR) is 132 cm³/mol. The first kappa shape index (κ1) is 25.3. The third-order valence-electron chi connectivity index (χ3n) is 5.75. The third kappa shape index (κ3) is 5.42. The molecule has 0 spiro atoms. The van der Waals surface area contributed by atoms with E-state index in [1.54, 1.807) is 29.2 Å². The van der Waals surface area contributed by atoms with Crippen LogP contribution in [-0.2, 0) is 9.59 Å². The van der Waals surface area contributed by atoms with Crippen LogP contribution in [0.25, 0.3) is 5.76 Å². The molecule has 0 radical (unpaired) electrons. The first-order chi connectivity index (χ1) is 16.3. The second-order valence-corrected chi connectivity index (χ2v) is 8.59. The van der Waals surface area contributed by atoms with Crippen molar-refractivity contribution >= 4 is 17.4 Å². The maximum atomic E-state index is 13.2.